The van der Waals surface area contributed by atoms with Crippen molar-refractivity contribution in [3.8, 4) is 0 Å². The molecule has 0 unspecified atom stereocenters. The molecule has 17 heavy (non-hydrogen) atoms. The van der Waals surface area contributed by atoms with Gasteiger partial charge in [-0.25, -0.2) is 0 Å². The summed E-state index contributed by atoms with van der Waals surface area (Å²) in [5, 5.41) is 0. The number of hydrogen-bond donors (Lipinski definition) is 1. The third kappa shape index (κ3) is 2.12. The van der Waals surface area contributed by atoms with Gasteiger partial charge in [-0.3, -0.25) is 4.90 Å². The molecule has 1 aromatic carbocycles. The number of nitrogens with zero attached hydrogens (tertiary/aromatic N) is 1. The van der Waals surface area contributed by atoms with Crippen LogP contribution in [0.1, 0.15) is 22.6 Å². The molecule has 0 atom stereocenters. The summed E-state index contributed by atoms with van der Waals surface area (Å²) in [6.45, 7) is 3.35. The number of fused-ring (bicyclic) bond motifs is 1. The van der Waals surface area contributed by atoms with Crippen LogP contribution in [0.2, 0.25) is 0 Å². The third-order valence-corrected chi connectivity index (χ3v) is 3.20. The van der Waals surface area contributed by atoms with Crippen LogP contribution in [0.3, 0.4) is 0 Å². The number of benzene rings is 1. The fraction of sp³-hybridized carbons (Fsp3) is 0.286. The molecule has 88 valence electrons. The summed E-state index contributed by atoms with van der Waals surface area (Å²) >= 11 is 0. The summed E-state index contributed by atoms with van der Waals surface area (Å²) in [4.78, 5) is 2.38. The Kier molecular flexibility index (Phi) is 2.71. The van der Waals surface area contributed by atoms with Crippen molar-refractivity contribution in [2.75, 3.05) is 0 Å². The van der Waals surface area contributed by atoms with E-state index in [1.54, 1.807) is 0 Å². The predicted molar refractivity (Wildman–Crippen MR) is 66.0 cm³/mol. The van der Waals surface area contributed by atoms with Crippen LogP contribution in [-0.2, 0) is 26.2 Å². The zero-order valence-corrected chi connectivity index (χ0v) is 9.73. The van der Waals surface area contributed by atoms with Crippen LogP contribution in [0.5, 0.6) is 0 Å². The van der Waals surface area contributed by atoms with Crippen LogP contribution in [0.25, 0.3) is 0 Å². The number of rotatable bonds is 3. The largest absolute Gasteiger partial charge is 0.463 e. The fourth-order valence-corrected chi connectivity index (χ4v) is 2.35. The van der Waals surface area contributed by atoms with Gasteiger partial charge < -0.3 is 10.2 Å². The summed E-state index contributed by atoms with van der Waals surface area (Å²) < 4.78 is 5.63. The summed E-state index contributed by atoms with van der Waals surface area (Å²) in [6.07, 6.45) is 0. The van der Waals surface area contributed by atoms with Gasteiger partial charge in [0.25, 0.3) is 0 Å². The maximum atomic E-state index is 5.63. The molecule has 0 saturated heterocycles. The van der Waals surface area contributed by atoms with Gasteiger partial charge in [0, 0.05) is 13.1 Å². The first-order chi connectivity index (χ1) is 8.35. The average molecular weight is 228 g/mol. The van der Waals surface area contributed by atoms with Gasteiger partial charge in [-0.2, -0.15) is 0 Å². The van der Waals surface area contributed by atoms with Crippen molar-refractivity contribution in [2.45, 2.75) is 26.2 Å². The van der Waals surface area contributed by atoms with Gasteiger partial charge in [0.05, 0.1) is 13.1 Å². The second-order valence-corrected chi connectivity index (χ2v) is 4.49. The van der Waals surface area contributed by atoms with E-state index in [9.17, 15) is 0 Å². The standard InChI is InChI=1S/C14H16N2O/c15-7-13-5-6-14(17-13)10-16-8-11-3-1-2-4-12(11)9-16/h1-6H,7-10,15H2. The second-order valence-electron chi connectivity index (χ2n) is 4.49. The van der Waals surface area contributed by atoms with E-state index in [2.05, 4.69) is 29.2 Å². The van der Waals surface area contributed by atoms with E-state index >= 15 is 0 Å². The van der Waals surface area contributed by atoms with Crippen LogP contribution in [0.15, 0.2) is 40.8 Å². The monoisotopic (exact) mass is 228 g/mol. The lowest BCUT2D eigenvalue weighted by Gasteiger charge is -2.12. The van der Waals surface area contributed by atoms with Gasteiger partial charge in [-0.15, -0.1) is 0 Å². The number of nitrogens with two attached hydrogens (primary N) is 1. The fourth-order valence-electron chi connectivity index (χ4n) is 2.35. The Morgan fingerprint density at radius 3 is 2.24 bits per heavy atom. The topological polar surface area (TPSA) is 42.4 Å². The Labute approximate surface area is 101 Å². The molecule has 3 nitrogen and oxygen atoms in total. The summed E-state index contributed by atoms with van der Waals surface area (Å²) in [7, 11) is 0. The smallest absolute Gasteiger partial charge is 0.118 e. The van der Waals surface area contributed by atoms with Gasteiger partial charge in [0.1, 0.15) is 11.5 Å². The van der Waals surface area contributed by atoms with E-state index in [0.29, 0.717) is 6.54 Å². The normalized spacial score (nSPS) is 15.1. The van der Waals surface area contributed by atoms with Gasteiger partial charge >= 0.3 is 0 Å². The first kappa shape index (κ1) is 10.6. The molecule has 2 N–H and O–H groups in total. The predicted octanol–water partition coefficient (Wildman–Crippen LogP) is 2.25. The van der Waals surface area contributed by atoms with E-state index in [-0.39, 0.29) is 0 Å². The van der Waals surface area contributed by atoms with Crippen molar-refractivity contribution in [1.29, 1.82) is 0 Å². The molecule has 0 fully saturated rings. The van der Waals surface area contributed by atoms with Crippen molar-refractivity contribution >= 4 is 0 Å². The van der Waals surface area contributed by atoms with Crippen LogP contribution in [0, 0.1) is 0 Å². The number of furan rings is 1. The molecule has 0 amide bonds. The van der Waals surface area contributed by atoms with Crippen molar-refractivity contribution in [2.24, 2.45) is 5.73 Å². The Bertz CT molecular complexity index is 493. The molecule has 2 heterocycles. The third-order valence-electron chi connectivity index (χ3n) is 3.20. The Balaban J connectivity index is 1.69. The molecule has 0 bridgehead atoms. The minimum atomic E-state index is 0.472. The Morgan fingerprint density at radius 1 is 1.00 bits per heavy atom. The quantitative estimate of drug-likeness (QED) is 0.876. The molecule has 0 aliphatic carbocycles. The van der Waals surface area contributed by atoms with Gasteiger partial charge in [0.15, 0.2) is 0 Å². The molecule has 1 aliphatic heterocycles. The minimum absolute atomic E-state index is 0.472. The molecule has 0 radical (unpaired) electrons. The maximum absolute atomic E-state index is 5.63. The first-order valence-corrected chi connectivity index (χ1v) is 5.92. The van der Waals surface area contributed by atoms with Gasteiger partial charge in [0.2, 0.25) is 0 Å². The van der Waals surface area contributed by atoms with Crippen molar-refractivity contribution in [1.82, 2.24) is 4.90 Å². The molecular weight excluding hydrogens is 212 g/mol. The van der Waals surface area contributed by atoms with E-state index in [1.807, 2.05) is 12.1 Å². The van der Waals surface area contributed by atoms with Crippen molar-refractivity contribution < 1.29 is 4.42 Å². The second kappa shape index (κ2) is 4.35. The van der Waals surface area contributed by atoms with Crippen molar-refractivity contribution in [3.05, 3.63) is 59.0 Å². The van der Waals surface area contributed by atoms with Crippen LogP contribution in [0.4, 0.5) is 0 Å². The van der Waals surface area contributed by atoms with Crippen LogP contribution >= 0.6 is 0 Å². The molecule has 2 aromatic rings. The lowest BCUT2D eigenvalue weighted by atomic mass is 10.1. The molecule has 0 saturated carbocycles. The van der Waals surface area contributed by atoms with E-state index in [4.69, 9.17) is 10.2 Å². The molecule has 1 aliphatic rings. The molecule has 0 spiro atoms. The Morgan fingerprint density at radius 2 is 1.65 bits per heavy atom. The molecular formula is C14H16N2O. The minimum Gasteiger partial charge on any atom is -0.463 e. The van der Waals surface area contributed by atoms with Gasteiger partial charge in [-0.1, -0.05) is 24.3 Å². The summed E-state index contributed by atoms with van der Waals surface area (Å²) in [5.41, 5.74) is 8.39. The molecule has 3 heteroatoms. The van der Waals surface area contributed by atoms with Gasteiger partial charge in [-0.05, 0) is 23.3 Å². The van der Waals surface area contributed by atoms with E-state index in [0.717, 1.165) is 31.2 Å². The average Bonchev–Trinajstić information content (AvgIpc) is 2.94. The lowest BCUT2D eigenvalue weighted by Crippen LogP contribution is -2.15. The summed E-state index contributed by atoms with van der Waals surface area (Å²) in [5.74, 6) is 1.86. The van der Waals surface area contributed by atoms with Crippen LogP contribution in [-0.4, -0.2) is 4.90 Å². The maximum Gasteiger partial charge on any atom is 0.118 e. The van der Waals surface area contributed by atoms with Crippen LogP contribution < -0.4 is 5.73 Å². The van der Waals surface area contributed by atoms with Crippen molar-refractivity contribution in [3.63, 3.8) is 0 Å². The van der Waals surface area contributed by atoms with E-state index in [1.165, 1.54) is 11.1 Å². The zero-order valence-electron chi connectivity index (χ0n) is 9.73. The highest BCUT2D eigenvalue weighted by atomic mass is 16.3. The SMILES string of the molecule is NCc1ccc(CN2Cc3ccccc3C2)o1. The first-order valence-electron chi connectivity index (χ1n) is 5.92. The zero-order chi connectivity index (χ0) is 11.7. The highest BCUT2D eigenvalue weighted by molar-refractivity contribution is 5.30. The number of hydrogen-bond acceptors (Lipinski definition) is 3. The highest BCUT2D eigenvalue weighted by Gasteiger charge is 2.19. The molecule has 1 aromatic heterocycles. The highest BCUT2D eigenvalue weighted by Crippen LogP contribution is 2.24. The van der Waals surface area contributed by atoms with E-state index < -0.39 is 0 Å². The summed E-state index contributed by atoms with van der Waals surface area (Å²) in [6, 6.07) is 12.6. The lowest BCUT2D eigenvalue weighted by molar-refractivity contribution is 0.248. The molecule has 3 rings (SSSR count). The Hall–Kier alpha value is -1.58.